The first-order chi connectivity index (χ1) is 12.5. The van der Waals surface area contributed by atoms with E-state index in [9.17, 15) is 4.79 Å². The first kappa shape index (κ1) is 18.2. The molecule has 1 N–H and O–H groups in total. The molecule has 3 heterocycles. The van der Waals surface area contributed by atoms with Gasteiger partial charge in [0.05, 0.1) is 24.1 Å². The lowest BCUT2D eigenvalue weighted by Crippen LogP contribution is -2.55. The number of aryl methyl sites for hydroxylation is 1. The zero-order valence-corrected chi connectivity index (χ0v) is 16.3. The number of carbonyl (C=O) groups excluding carboxylic acids is 1. The Morgan fingerprint density at radius 2 is 2.23 bits per heavy atom. The predicted octanol–water partition coefficient (Wildman–Crippen LogP) is 0.367. The first-order valence-corrected chi connectivity index (χ1v) is 9.22. The minimum atomic E-state index is 0.0377. The smallest absolute Gasteiger partial charge is 0.246 e. The summed E-state index contributed by atoms with van der Waals surface area (Å²) in [7, 11) is 7.52. The van der Waals surface area contributed by atoms with E-state index in [0.29, 0.717) is 25.6 Å². The van der Waals surface area contributed by atoms with Gasteiger partial charge in [0.25, 0.3) is 0 Å². The maximum Gasteiger partial charge on any atom is 0.246 e. The van der Waals surface area contributed by atoms with Gasteiger partial charge in [0.2, 0.25) is 5.91 Å². The van der Waals surface area contributed by atoms with Crippen molar-refractivity contribution in [2.75, 3.05) is 50.6 Å². The number of hydrogen-bond donors (Lipinski definition) is 1. The molecule has 1 fully saturated rings. The van der Waals surface area contributed by atoms with Crippen LogP contribution < -0.4 is 15.1 Å². The van der Waals surface area contributed by atoms with Gasteiger partial charge in [0.15, 0.2) is 11.1 Å². The third-order valence-electron chi connectivity index (χ3n) is 4.08. The van der Waals surface area contributed by atoms with Crippen LogP contribution >= 0.6 is 11.3 Å². The number of rotatable bonds is 4. The lowest BCUT2D eigenvalue weighted by Gasteiger charge is -2.35. The molecule has 0 aliphatic carbocycles. The second-order valence-electron chi connectivity index (χ2n) is 6.26. The van der Waals surface area contributed by atoms with Crippen molar-refractivity contribution in [2.24, 2.45) is 12.0 Å². The van der Waals surface area contributed by atoms with E-state index in [2.05, 4.69) is 20.4 Å². The van der Waals surface area contributed by atoms with Crippen LogP contribution in [-0.2, 0) is 18.4 Å². The zero-order valence-electron chi connectivity index (χ0n) is 15.5. The third kappa shape index (κ3) is 3.96. The highest BCUT2D eigenvalue weighted by Gasteiger charge is 2.27. The fraction of sp³-hybridized carbons (Fsp3) is 0.500. The molecule has 140 valence electrons. The van der Waals surface area contributed by atoms with E-state index in [4.69, 9.17) is 0 Å². The average Bonchev–Trinajstić information content (AvgIpc) is 3.25. The summed E-state index contributed by atoms with van der Waals surface area (Å²) in [6.07, 6.45) is 3.57. The molecule has 0 aromatic carbocycles. The van der Waals surface area contributed by atoms with Crippen LogP contribution in [0.5, 0.6) is 0 Å². The molecule has 1 aliphatic heterocycles. The van der Waals surface area contributed by atoms with E-state index in [1.807, 2.05) is 42.5 Å². The fourth-order valence-electron chi connectivity index (χ4n) is 2.76. The molecule has 0 spiro atoms. The summed E-state index contributed by atoms with van der Waals surface area (Å²) in [5, 5.41) is 10.4. The summed E-state index contributed by atoms with van der Waals surface area (Å²) in [5.41, 5.74) is 1.79. The summed E-state index contributed by atoms with van der Waals surface area (Å²) in [4.78, 5) is 27.1. The summed E-state index contributed by atoms with van der Waals surface area (Å²) >= 11 is 1.61. The number of piperazine rings is 1. The monoisotopic (exact) mass is 376 g/mol. The molecule has 26 heavy (non-hydrogen) atoms. The van der Waals surface area contributed by atoms with Crippen molar-refractivity contribution in [1.29, 1.82) is 0 Å². The second-order valence-corrected chi connectivity index (χ2v) is 7.09. The number of hydrogen-bond acceptors (Lipinski definition) is 6. The van der Waals surface area contributed by atoms with Gasteiger partial charge >= 0.3 is 0 Å². The molecular weight excluding hydrogens is 352 g/mol. The summed E-state index contributed by atoms with van der Waals surface area (Å²) < 4.78 is 1.70. The van der Waals surface area contributed by atoms with Crippen LogP contribution in [0.3, 0.4) is 0 Å². The molecule has 0 radical (unpaired) electrons. The molecule has 0 bridgehead atoms. The molecular formula is C16H24N8OS. The van der Waals surface area contributed by atoms with Crippen molar-refractivity contribution < 1.29 is 4.79 Å². The third-order valence-corrected chi connectivity index (χ3v) is 5.14. The Morgan fingerprint density at radius 3 is 2.81 bits per heavy atom. The molecule has 0 unspecified atom stereocenters. The Hall–Kier alpha value is -2.62. The Labute approximate surface area is 156 Å². The molecule has 1 amide bonds. The number of anilines is 2. The number of aromatic nitrogens is 3. The van der Waals surface area contributed by atoms with Crippen molar-refractivity contribution >= 4 is 34.0 Å². The van der Waals surface area contributed by atoms with Crippen molar-refractivity contribution in [1.82, 2.24) is 25.0 Å². The van der Waals surface area contributed by atoms with Crippen LogP contribution in [0.25, 0.3) is 0 Å². The van der Waals surface area contributed by atoms with Gasteiger partial charge in [-0.1, -0.05) is 0 Å². The van der Waals surface area contributed by atoms with Crippen LogP contribution in [0.1, 0.15) is 5.69 Å². The summed E-state index contributed by atoms with van der Waals surface area (Å²) in [6, 6.07) is 0. The maximum absolute atomic E-state index is 12.5. The molecule has 2 aromatic rings. The molecule has 1 saturated heterocycles. The number of carbonyl (C=O) groups is 1. The Bertz CT molecular complexity index is 796. The molecule has 1 aliphatic rings. The molecule has 0 atom stereocenters. The SMILES string of the molecule is CN=C(NCc1csc(N(C)C)n1)N1CCN(c2cnn(C)c2)C(=O)C1. The van der Waals surface area contributed by atoms with Gasteiger partial charge in [0, 0.05) is 52.9 Å². The largest absolute Gasteiger partial charge is 0.354 e. The average molecular weight is 376 g/mol. The summed E-state index contributed by atoms with van der Waals surface area (Å²) in [6.45, 7) is 2.18. The van der Waals surface area contributed by atoms with Crippen LogP contribution in [-0.4, -0.2) is 72.3 Å². The van der Waals surface area contributed by atoms with Gasteiger partial charge in [-0.25, -0.2) is 4.98 Å². The van der Waals surface area contributed by atoms with Crippen LogP contribution in [0, 0.1) is 0 Å². The minimum Gasteiger partial charge on any atom is -0.354 e. The number of guanidine groups is 1. The number of aliphatic imine (C=N–C) groups is 1. The van der Waals surface area contributed by atoms with Gasteiger partial charge in [-0.15, -0.1) is 11.3 Å². The van der Waals surface area contributed by atoms with E-state index in [0.717, 1.165) is 16.5 Å². The molecule has 0 saturated carbocycles. The topological polar surface area (TPSA) is 81.9 Å². The van der Waals surface area contributed by atoms with E-state index >= 15 is 0 Å². The van der Waals surface area contributed by atoms with Crippen molar-refractivity contribution in [3.63, 3.8) is 0 Å². The van der Waals surface area contributed by atoms with Crippen molar-refractivity contribution in [3.8, 4) is 0 Å². The molecule has 9 nitrogen and oxygen atoms in total. The van der Waals surface area contributed by atoms with Gasteiger partial charge in [-0.05, 0) is 0 Å². The Morgan fingerprint density at radius 1 is 1.42 bits per heavy atom. The van der Waals surface area contributed by atoms with Gasteiger partial charge in [-0.3, -0.25) is 14.5 Å². The number of amides is 1. The predicted molar refractivity (Wildman–Crippen MR) is 104 cm³/mol. The van der Waals surface area contributed by atoms with Crippen molar-refractivity contribution in [2.45, 2.75) is 6.54 Å². The molecule has 2 aromatic heterocycles. The summed E-state index contributed by atoms with van der Waals surface area (Å²) in [5.74, 6) is 0.749. The number of nitrogens with one attached hydrogen (secondary N) is 1. The van der Waals surface area contributed by atoms with E-state index in [1.54, 1.807) is 34.2 Å². The highest BCUT2D eigenvalue weighted by Crippen LogP contribution is 2.18. The van der Waals surface area contributed by atoms with Gasteiger partial charge in [0.1, 0.15) is 6.54 Å². The van der Waals surface area contributed by atoms with Crippen LogP contribution in [0.15, 0.2) is 22.8 Å². The first-order valence-electron chi connectivity index (χ1n) is 8.34. The number of thiazole rings is 1. The lowest BCUT2D eigenvalue weighted by molar-refractivity contribution is -0.120. The van der Waals surface area contributed by atoms with E-state index < -0.39 is 0 Å². The normalized spacial score (nSPS) is 15.5. The minimum absolute atomic E-state index is 0.0377. The van der Waals surface area contributed by atoms with Crippen molar-refractivity contribution in [3.05, 3.63) is 23.5 Å². The van der Waals surface area contributed by atoms with E-state index in [1.165, 1.54) is 0 Å². The van der Waals surface area contributed by atoms with Crippen LogP contribution in [0.2, 0.25) is 0 Å². The van der Waals surface area contributed by atoms with E-state index in [-0.39, 0.29) is 12.5 Å². The number of nitrogens with zero attached hydrogens (tertiary/aromatic N) is 7. The standard InChI is InChI=1S/C16H24N8OS/c1-17-15(18-7-12-11-26-16(20-12)21(2)3)23-5-6-24(14(25)10-23)13-8-19-22(4)9-13/h8-9,11H,5-7,10H2,1-4H3,(H,17,18). The Balaban J connectivity index is 1.58. The second kappa shape index (κ2) is 7.73. The molecule has 10 heteroatoms. The highest BCUT2D eigenvalue weighted by molar-refractivity contribution is 7.13. The fourth-order valence-corrected chi connectivity index (χ4v) is 3.52. The maximum atomic E-state index is 12.5. The highest BCUT2D eigenvalue weighted by atomic mass is 32.1. The molecule has 3 rings (SSSR count). The zero-order chi connectivity index (χ0) is 18.7. The van der Waals surface area contributed by atoms with Crippen LogP contribution in [0.4, 0.5) is 10.8 Å². The Kier molecular flexibility index (Phi) is 5.40. The lowest BCUT2D eigenvalue weighted by atomic mass is 10.3. The van der Waals surface area contributed by atoms with Gasteiger partial charge in [-0.2, -0.15) is 5.10 Å². The van der Waals surface area contributed by atoms with Gasteiger partial charge < -0.3 is 20.0 Å². The quantitative estimate of drug-likeness (QED) is 0.613.